The molecule has 0 spiro atoms. The van der Waals surface area contributed by atoms with Crippen molar-refractivity contribution in [3.63, 3.8) is 0 Å². The first-order valence-corrected chi connectivity index (χ1v) is 10.3. The monoisotopic (exact) mass is 439 g/mol. The van der Waals surface area contributed by atoms with Crippen molar-refractivity contribution in [3.05, 3.63) is 58.7 Å². The number of amides is 1. The molecule has 1 aliphatic rings. The zero-order chi connectivity index (χ0) is 23.3. The Bertz CT molecular complexity index is 1060. The normalized spacial score (nSPS) is 14.9. The van der Waals surface area contributed by atoms with Gasteiger partial charge < -0.3 is 24.5 Å². The number of nitrogens with one attached hydrogen (secondary N) is 1. The van der Waals surface area contributed by atoms with Crippen LogP contribution in [0.2, 0.25) is 0 Å². The van der Waals surface area contributed by atoms with Gasteiger partial charge in [-0.1, -0.05) is 34.6 Å². The van der Waals surface area contributed by atoms with Crippen LogP contribution in [0.25, 0.3) is 0 Å². The lowest BCUT2D eigenvalue weighted by molar-refractivity contribution is -0.114. The summed E-state index contributed by atoms with van der Waals surface area (Å²) < 4.78 is 11.6. The second-order valence-electron chi connectivity index (χ2n) is 8.01. The van der Waals surface area contributed by atoms with Crippen molar-refractivity contribution in [2.45, 2.75) is 39.4 Å². The maximum atomic E-state index is 12.2. The fourth-order valence-electron chi connectivity index (χ4n) is 3.59. The summed E-state index contributed by atoms with van der Waals surface area (Å²) in [5, 5.41) is 10.7. The van der Waals surface area contributed by atoms with E-state index < -0.39 is 0 Å². The molecular weight excluding hydrogens is 410 g/mol. The molecule has 0 saturated heterocycles. The average Bonchev–Trinajstić information content (AvgIpc) is 3.10. The lowest BCUT2D eigenvalue weighted by Crippen LogP contribution is -2.29. The van der Waals surface area contributed by atoms with Crippen LogP contribution in [0.1, 0.15) is 43.0 Å². The number of rotatable bonds is 8. The van der Waals surface area contributed by atoms with Crippen molar-refractivity contribution < 1.29 is 23.9 Å². The predicted molar refractivity (Wildman–Crippen MR) is 122 cm³/mol. The Labute approximate surface area is 188 Å². The van der Waals surface area contributed by atoms with Gasteiger partial charge in [0.2, 0.25) is 0 Å². The largest absolute Gasteiger partial charge is 0.493 e. The lowest BCUT2D eigenvalue weighted by Gasteiger charge is -2.17. The highest BCUT2D eigenvalue weighted by molar-refractivity contribution is 6.45. The van der Waals surface area contributed by atoms with Crippen LogP contribution in [0.4, 0.5) is 0 Å². The molecule has 1 aliphatic heterocycles. The molecule has 0 saturated carbocycles. The Morgan fingerprint density at radius 3 is 2.62 bits per heavy atom. The van der Waals surface area contributed by atoms with E-state index in [0.717, 1.165) is 28.9 Å². The zero-order valence-electron chi connectivity index (χ0n) is 19.3. The number of likely N-dealkylation sites (N-methyl/N-ethyl adjacent to an activating group) is 1. The fourth-order valence-corrected chi connectivity index (χ4v) is 3.59. The van der Waals surface area contributed by atoms with Gasteiger partial charge in [0.25, 0.3) is 5.91 Å². The van der Waals surface area contributed by atoms with E-state index >= 15 is 0 Å². The molecule has 2 aromatic carbocycles. The average molecular weight is 440 g/mol. The van der Waals surface area contributed by atoms with E-state index in [1.54, 1.807) is 13.2 Å². The standard InChI is InChI=1S/C24H29N3O5/c1-15(17-11-18-13-24(2,3)32-22(18)20(12-17)29-5)26-31-14-16-9-7-8-10-19(16)21(27-30-6)23(28)25-4/h7-12H,13-14H2,1-6H3,(H,25,28)/b26-15+,27-21+. The summed E-state index contributed by atoms with van der Waals surface area (Å²) in [6.07, 6.45) is 0.787. The molecule has 0 aromatic heterocycles. The van der Waals surface area contributed by atoms with Crippen molar-refractivity contribution in [1.29, 1.82) is 0 Å². The summed E-state index contributed by atoms with van der Waals surface area (Å²) in [5.74, 6) is 1.10. The number of methoxy groups -OCH3 is 1. The van der Waals surface area contributed by atoms with Crippen LogP contribution in [-0.4, -0.2) is 44.2 Å². The van der Waals surface area contributed by atoms with E-state index in [4.69, 9.17) is 19.1 Å². The minimum absolute atomic E-state index is 0.158. The molecule has 32 heavy (non-hydrogen) atoms. The van der Waals surface area contributed by atoms with Crippen molar-refractivity contribution in [1.82, 2.24) is 5.32 Å². The summed E-state index contributed by atoms with van der Waals surface area (Å²) in [6.45, 7) is 6.13. The molecular formula is C24H29N3O5. The minimum atomic E-state index is -0.352. The Morgan fingerprint density at radius 2 is 1.94 bits per heavy atom. The first kappa shape index (κ1) is 23.1. The molecule has 170 valence electrons. The van der Waals surface area contributed by atoms with Gasteiger partial charge in [-0.15, -0.1) is 0 Å². The summed E-state index contributed by atoms with van der Waals surface area (Å²) in [4.78, 5) is 22.7. The SMILES string of the molecule is CNC(=O)/C(=N/OC)c1ccccc1CO/N=C(\C)c1cc2c(c(OC)c1)OC(C)(C)C2. The smallest absolute Gasteiger partial charge is 0.273 e. The van der Waals surface area contributed by atoms with Crippen LogP contribution in [0.5, 0.6) is 11.5 Å². The number of oxime groups is 2. The van der Waals surface area contributed by atoms with Crippen LogP contribution in [0.15, 0.2) is 46.7 Å². The molecule has 0 radical (unpaired) electrons. The summed E-state index contributed by atoms with van der Waals surface area (Å²) in [5.41, 5.74) is 3.93. The number of carbonyl (C=O) groups is 1. The van der Waals surface area contributed by atoms with Gasteiger partial charge in [-0.25, -0.2) is 0 Å². The maximum absolute atomic E-state index is 12.2. The molecule has 2 aromatic rings. The molecule has 1 N–H and O–H groups in total. The first-order chi connectivity index (χ1) is 15.3. The van der Waals surface area contributed by atoms with E-state index in [0.29, 0.717) is 17.0 Å². The molecule has 8 heteroatoms. The van der Waals surface area contributed by atoms with E-state index in [1.165, 1.54) is 14.2 Å². The van der Waals surface area contributed by atoms with E-state index in [1.807, 2.05) is 45.0 Å². The highest BCUT2D eigenvalue weighted by Gasteiger charge is 2.33. The number of fused-ring (bicyclic) bond motifs is 1. The number of hydrogen-bond donors (Lipinski definition) is 1. The van der Waals surface area contributed by atoms with Crippen LogP contribution in [-0.2, 0) is 27.5 Å². The molecule has 1 amide bonds. The van der Waals surface area contributed by atoms with Crippen LogP contribution in [0.3, 0.4) is 0 Å². The highest BCUT2D eigenvalue weighted by Crippen LogP contribution is 2.42. The Balaban J connectivity index is 1.81. The predicted octanol–water partition coefficient (Wildman–Crippen LogP) is 3.45. The molecule has 0 fully saturated rings. The second-order valence-corrected chi connectivity index (χ2v) is 8.01. The van der Waals surface area contributed by atoms with Crippen LogP contribution in [0, 0.1) is 0 Å². The first-order valence-electron chi connectivity index (χ1n) is 10.3. The molecule has 3 rings (SSSR count). The molecule has 1 heterocycles. The minimum Gasteiger partial charge on any atom is -0.493 e. The van der Waals surface area contributed by atoms with E-state index in [2.05, 4.69) is 21.7 Å². The lowest BCUT2D eigenvalue weighted by atomic mass is 9.99. The van der Waals surface area contributed by atoms with Gasteiger partial charge in [-0.05, 0) is 32.9 Å². The molecule has 8 nitrogen and oxygen atoms in total. The number of nitrogens with zero attached hydrogens (tertiary/aromatic N) is 2. The van der Waals surface area contributed by atoms with Gasteiger partial charge in [0.1, 0.15) is 19.3 Å². The van der Waals surface area contributed by atoms with Gasteiger partial charge >= 0.3 is 0 Å². The zero-order valence-corrected chi connectivity index (χ0v) is 19.3. The van der Waals surface area contributed by atoms with Gasteiger partial charge in [0.05, 0.1) is 12.8 Å². The van der Waals surface area contributed by atoms with E-state index in [-0.39, 0.29) is 23.8 Å². The molecule has 0 aliphatic carbocycles. The van der Waals surface area contributed by atoms with Gasteiger partial charge in [0.15, 0.2) is 17.2 Å². The van der Waals surface area contributed by atoms with Gasteiger partial charge in [-0.3, -0.25) is 4.79 Å². The fraction of sp³-hybridized carbons (Fsp3) is 0.375. The van der Waals surface area contributed by atoms with Crippen molar-refractivity contribution in [2.24, 2.45) is 10.3 Å². The number of benzene rings is 2. The van der Waals surface area contributed by atoms with Crippen LogP contribution < -0.4 is 14.8 Å². The molecule has 0 atom stereocenters. The molecule has 0 bridgehead atoms. The third kappa shape index (κ3) is 5.01. The van der Waals surface area contributed by atoms with Gasteiger partial charge in [-0.2, -0.15) is 0 Å². The Hall–Kier alpha value is -3.55. The Kier molecular flexibility index (Phi) is 7.02. The summed E-state index contributed by atoms with van der Waals surface area (Å²) in [7, 11) is 4.56. The van der Waals surface area contributed by atoms with Crippen molar-refractivity contribution >= 4 is 17.3 Å². The summed E-state index contributed by atoms with van der Waals surface area (Å²) in [6, 6.07) is 11.3. The topological polar surface area (TPSA) is 90.7 Å². The van der Waals surface area contributed by atoms with Gasteiger partial charge in [0, 0.05) is 35.7 Å². The maximum Gasteiger partial charge on any atom is 0.273 e. The Morgan fingerprint density at radius 1 is 1.19 bits per heavy atom. The number of ether oxygens (including phenoxy) is 2. The molecule has 0 unspecified atom stereocenters. The van der Waals surface area contributed by atoms with Crippen molar-refractivity contribution in [3.8, 4) is 11.5 Å². The third-order valence-corrected chi connectivity index (χ3v) is 5.08. The van der Waals surface area contributed by atoms with Crippen LogP contribution >= 0.6 is 0 Å². The second kappa shape index (κ2) is 9.72. The summed E-state index contributed by atoms with van der Waals surface area (Å²) >= 11 is 0. The third-order valence-electron chi connectivity index (χ3n) is 5.08. The van der Waals surface area contributed by atoms with Crippen molar-refractivity contribution in [2.75, 3.05) is 21.3 Å². The number of hydrogen-bond acceptors (Lipinski definition) is 7. The quantitative estimate of drug-likeness (QED) is 0.503. The van der Waals surface area contributed by atoms with E-state index in [9.17, 15) is 4.79 Å². The highest BCUT2D eigenvalue weighted by atomic mass is 16.6. The number of carbonyl (C=O) groups excluding carboxylic acids is 1.